The van der Waals surface area contributed by atoms with Crippen molar-refractivity contribution in [1.29, 1.82) is 0 Å². The van der Waals surface area contributed by atoms with Crippen molar-refractivity contribution in [3.63, 3.8) is 0 Å². The fraction of sp³-hybridized carbons (Fsp3) is 0.273. The second kappa shape index (κ2) is 8.82. The molecule has 2 N–H and O–H groups in total. The second-order valence-corrected chi connectivity index (χ2v) is 8.98. The Bertz CT molecular complexity index is 984. The van der Waals surface area contributed by atoms with Gasteiger partial charge in [-0.3, -0.25) is 0 Å². The number of benzene rings is 2. The summed E-state index contributed by atoms with van der Waals surface area (Å²) in [5, 5.41) is 0. The lowest BCUT2D eigenvalue weighted by Crippen LogP contribution is -3.15. The van der Waals surface area contributed by atoms with Gasteiger partial charge in [-0.15, -0.1) is 0 Å². The van der Waals surface area contributed by atoms with Gasteiger partial charge in [0.25, 0.3) is 0 Å². The average molecular weight is 413 g/mol. The maximum absolute atomic E-state index is 12.7. The van der Waals surface area contributed by atoms with Crippen molar-refractivity contribution in [2.45, 2.75) is 10.9 Å². The molecular weight excluding hydrogens is 386 g/mol. The van der Waals surface area contributed by atoms with Crippen LogP contribution in [0.15, 0.2) is 88.4 Å². The van der Waals surface area contributed by atoms with Gasteiger partial charge in [-0.2, -0.15) is 0 Å². The fourth-order valence-electron chi connectivity index (χ4n) is 3.85. The number of sulfonamides is 1. The molecule has 29 heavy (non-hydrogen) atoms. The van der Waals surface area contributed by atoms with E-state index in [2.05, 4.69) is 33.9 Å². The lowest BCUT2D eigenvalue weighted by atomic mass is 10.1. The van der Waals surface area contributed by atoms with E-state index >= 15 is 0 Å². The van der Waals surface area contributed by atoms with Crippen LogP contribution in [-0.4, -0.2) is 41.1 Å². The highest BCUT2D eigenvalue weighted by Crippen LogP contribution is 2.15. The summed E-state index contributed by atoms with van der Waals surface area (Å²) in [6, 6.07) is 22.6. The van der Waals surface area contributed by atoms with Gasteiger partial charge < -0.3 is 14.2 Å². The van der Waals surface area contributed by atoms with Gasteiger partial charge in [0.15, 0.2) is 11.8 Å². The van der Waals surface area contributed by atoms with Crippen LogP contribution in [0, 0.1) is 0 Å². The molecule has 1 saturated heterocycles. The Morgan fingerprint density at radius 3 is 2.21 bits per heavy atom. The molecule has 1 aromatic heterocycles. The fourth-order valence-corrected chi connectivity index (χ4v) is 4.92. The van der Waals surface area contributed by atoms with Gasteiger partial charge in [-0.1, -0.05) is 36.4 Å². The predicted molar refractivity (Wildman–Crippen MR) is 112 cm³/mol. The largest absolute Gasteiger partial charge is 0.463 e. The maximum Gasteiger partial charge on any atom is 0.240 e. The van der Waals surface area contributed by atoms with Crippen molar-refractivity contribution in [1.82, 2.24) is 4.72 Å². The van der Waals surface area contributed by atoms with Gasteiger partial charge >= 0.3 is 0 Å². The van der Waals surface area contributed by atoms with E-state index in [1.54, 1.807) is 36.6 Å². The number of quaternary nitrogens is 1. The van der Waals surface area contributed by atoms with Crippen molar-refractivity contribution in [2.24, 2.45) is 0 Å². The van der Waals surface area contributed by atoms with Crippen molar-refractivity contribution in [3.05, 3.63) is 84.8 Å². The number of piperazine rings is 1. The molecule has 4 rings (SSSR count). The van der Waals surface area contributed by atoms with Crippen LogP contribution in [0.1, 0.15) is 11.8 Å². The van der Waals surface area contributed by atoms with E-state index in [0.29, 0.717) is 6.54 Å². The monoisotopic (exact) mass is 412 g/mol. The summed E-state index contributed by atoms with van der Waals surface area (Å²) < 4.78 is 33.8. The number of anilines is 1. The smallest absolute Gasteiger partial charge is 0.240 e. The van der Waals surface area contributed by atoms with Crippen LogP contribution in [0.5, 0.6) is 0 Å². The molecule has 0 amide bonds. The summed E-state index contributed by atoms with van der Waals surface area (Å²) in [4.78, 5) is 3.97. The zero-order chi connectivity index (χ0) is 20.1. The number of nitrogens with zero attached hydrogens (tertiary/aromatic N) is 1. The zero-order valence-electron chi connectivity index (χ0n) is 16.2. The molecule has 0 bridgehead atoms. The molecule has 152 valence electrons. The number of para-hydroxylation sites is 1. The first-order valence-corrected chi connectivity index (χ1v) is 11.3. The predicted octanol–water partition coefficient (Wildman–Crippen LogP) is 1.70. The van der Waals surface area contributed by atoms with E-state index < -0.39 is 10.0 Å². The molecule has 1 atom stereocenters. The molecule has 2 heterocycles. The Labute approximate surface area is 171 Å². The lowest BCUT2D eigenvalue weighted by molar-refractivity contribution is -0.931. The van der Waals surface area contributed by atoms with Crippen LogP contribution in [0.4, 0.5) is 5.69 Å². The minimum Gasteiger partial charge on any atom is -0.463 e. The summed E-state index contributed by atoms with van der Waals surface area (Å²) in [6.07, 6.45) is 1.65. The molecule has 3 aromatic rings. The average Bonchev–Trinajstić information content (AvgIpc) is 3.30. The highest BCUT2D eigenvalue weighted by Gasteiger charge is 2.31. The van der Waals surface area contributed by atoms with E-state index in [0.717, 1.165) is 31.9 Å². The minimum absolute atomic E-state index is 0.0681. The Kier molecular flexibility index (Phi) is 5.99. The van der Waals surface area contributed by atoms with E-state index in [4.69, 9.17) is 4.42 Å². The zero-order valence-corrected chi connectivity index (χ0v) is 17.0. The molecule has 0 unspecified atom stereocenters. The van der Waals surface area contributed by atoms with Crippen LogP contribution in [0.25, 0.3) is 0 Å². The van der Waals surface area contributed by atoms with Crippen LogP contribution in [0.2, 0.25) is 0 Å². The topological polar surface area (TPSA) is 67.0 Å². The Morgan fingerprint density at radius 2 is 1.59 bits per heavy atom. The first kappa shape index (κ1) is 19.7. The summed E-state index contributed by atoms with van der Waals surface area (Å²) in [7, 11) is -3.55. The third-order valence-electron chi connectivity index (χ3n) is 5.44. The summed E-state index contributed by atoms with van der Waals surface area (Å²) in [5.74, 6) is 0.809. The molecule has 7 heteroatoms. The van der Waals surface area contributed by atoms with Crippen LogP contribution < -0.4 is 14.5 Å². The number of hydrogen-bond acceptors (Lipinski definition) is 4. The third-order valence-corrected chi connectivity index (χ3v) is 6.88. The van der Waals surface area contributed by atoms with Crippen LogP contribution in [0.3, 0.4) is 0 Å². The van der Waals surface area contributed by atoms with E-state index in [1.165, 1.54) is 10.6 Å². The van der Waals surface area contributed by atoms with Crippen LogP contribution in [-0.2, 0) is 10.0 Å². The molecule has 0 radical (unpaired) electrons. The molecular formula is C22H26N3O3S+. The van der Waals surface area contributed by atoms with Crippen molar-refractivity contribution < 1.29 is 17.7 Å². The van der Waals surface area contributed by atoms with Crippen molar-refractivity contribution >= 4 is 15.7 Å². The SMILES string of the molecule is O=S(=O)(NC[C@H](c1ccco1)[NH+]1CCN(c2ccccc2)CC1)c1ccccc1. The molecule has 1 fully saturated rings. The highest BCUT2D eigenvalue weighted by atomic mass is 32.2. The number of furan rings is 1. The molecule has 1 aliphatic heterocycles. The molecule has 0 spiro atoms. The first-order chi connectivity index (χ1) is 14.1. The lowest BCUT2D eigenvalue weighted by Gasteiger charge is -2.37. The maximum atomic E-state index is 12.7. The van der Waals surface area contributed by atoms with Gasteiger partial charge in [-0.05, 0) is 36.4 Å². The van der Waals surface area contributed by atoms with Gasteiger partial charge in [0.05, 0.1) is 43.9 Å². The highest BCUT2D eigenvalue weighted by molar-refractivity contribution is 7.89. The normalized spacial score (nSPS) is 16.6. The van der Waals surface area contributed by atoms with E-state index in [9.17, 15) is 8.42 Å². The van der Waals surface area contributed by atoms with E-state index in [1.807, 2.05) is 18.2 Å². The number of hydrogen-bond donors (Lipinski definition) is 2. The minimum atomic E-state index is -3.55. The third kappa shape index (κ3) is 4.70. The van der Waals surface area contributed by atoms with Gasteiger partial charge in [0.1, 0.15) is 0 Å². The molecule has 0 saturated carbocycles. The van der Waals surface area contributed by atoms with Gasteiger partial charge in [-0.25, -0.2) is 13.1 Å². The Morgan fingerprint density at radius 1 is 0.931 bits per heavy atom. The van der Waals surface area contributed by atoms with Crippen molar-refractivity contribution in [2.75, 3.05) is 37.6 Å². The standard InChI is InChI=1S/C22H25N3O3S/c26-29(27,20-10-5-2-6-11-20)23-18-21(22-12-7-17-28-22)25-15-13-24(14-16-25)19-8-3-1-4-9-19/h1-12,17,21,23H,13-16,18H2/p+1/t21-/m1/s1. The second-order valence-electron chi connectivity index (χ2n) is 7.21. The summed E-state index contributed by atoms with van der Waals surface area (Å²) in [5.41, 5.74) is 1.23. The van der Waals surface area contributed by atoms with Crippen LogP contribution >= 0.6 is 0 Å². The molecule has 0 aliphatic carbocycles. The number of nitrogens with one attached hydrogen (secondary N) is 2. The number of rotatable bonds is 7. The van der Waals surface area contributed by atoms with Crippen molar-refractivity contribution in [3.8, 4) is 0 Å². The molecule has 6 nitrogen and oxygen atoms in total. The van der Waals surface area contributed by atoms with Gasteiger partial charge in [0, 0.05) is 5.69 Å². The molecule has 1 aliphatic rings. The van der Waals surface area contributed by atoms with E-state index in [-0.39, 0.29) is 10.9 Å². The Hall–Kier alpha value is -2.61. The van der Waals surface area contributed by atoms with Gasteiger partial charge in [0.2, 0.25) is 10.0 Å². The summed E-state index contributed by atoms with van der Waals surface area (Å²) >= 11 is 0. The Balaban J connectivity index is 1.45. The summed E-state index contributed by atoms with van der Waals surface area (Å²) in [6.45, 7) is 3.95. The first-order valence-electron chi connectivity index (χ1n) is 9.86. The quantitative estimate of drug-likeness (QED) is 0.620. The molecule has 2 aromatic carbocycles.